The molecular weight excluding hydrogens is 356 g/mol. The highest BCUT2D eigenvalue weighted by molar-refractivity contribution is 5.79. The maximum Gasteiger partial charge on any atom is 0.246 e. The fourth-order valence-electron chi connectivity index (χ4n) is 1.92. The fraction of sp³-hybridized carbons (Fsp3) is 0.833. The van der Waals surface area contributed by atoms with Gasteiger partial charge in [-0.3, -0.25) is 14.4 Å². The third kappa shape index (κ3) is 20.6. The second-order valence-electron chi connectivity index (χ2n) is 6.30. The number of ketones is 1. The van der Waals surface area contributed by atoms with E-state index in [2.05, 4.69) is 10.6 Å². The summed E-state index contributed by atoms with van der Waals surface area (Å²) in [5.74, 6) is 0.107. The predicted octanol–water partition coefficient (Wildman–Crippen LogP) is -0.0797. The molecule has 0 aliphatic rings. The Bertz CT molecular complexity index is 417. The molecule has 0 saturated heterocycles. The van der Waals surface area contributed by atoms with Crippen molar-refractivity contribution in [2.45, 2.75) is 27.2 Å². The van der Waals surface area contributed by atoms with Crippen molar-refractivity contribution >= 4 is 17.6 Å². The molecule has 9 nitrogen and oxygen atoms in total. The van der Waals surface area contributed by atoms with Crippen LogP contribution in [0.4, 0.5) is 0 Å². The largest absolute Gasteiger partial charge is 0.377 e. The Kier molecular flexibility index (Phi) is 16.8. The minimum Gasteiger partial charge on any atom is -0.377 e. The van der Waals surface area contributed by atoms with Crippen LogP contribution in [0.5, 0.6) is 0 Å². The van der Waals surface area contributed by atoms with Crippen LogP contribution < -0.4 is 10.6 Å². The van der Waals surface area contributed by atoms with Gasteiger partial charge in [0.25, 0.3) is 0 Å². The molecule has 0 aliphatic carbocycles. The Balaban J connectivity index is 3.28. The summed E-state index contributed by atoms with van der Waals surface area (Å²) in [5, 5.41) is 5.27. The lowest BCUT2D eigenvalue weighted by molar-refractivity contribution is -0.127. The summed E-state index contributed by atoms with van der Waals surface area (Å²) >= 11 is 0. The van der Waals surface area contributed by atoms with Crippen molar-refractivity contribution in [3.63, 3.8) is 0 Å². The van der Waals surface area contributed by atoms with Crippen LogP contribution in [0.25, 0.3) is 0 Å². The van der Waals surface area contributed by atoms with Crippen molar-refractivity contribution < 1.29 is 33.3 Å². The van der Waals surface area contributed by atoms with Crippen molar-refractivity contribution in [3.05, 3.63) is 0 Å². The third-order valence-electron chi connectivity index (χ3n) is 3.07. The molecule has 0 saturated carbocycles. The first-order valence-electron chi connectivity index (χ1n) is 9.25. The number of ether oxygens (including phenoxy) is 4. The summed E-state index contributed by atoms with van der Waals surface area (Å²) in [5.41, 5.74) is 0. The van der Waals surface area contributed by atoms with Crippen LogP contribution in [-0.4, -0.2) is 83.5 Å². The van der Waals surface area contributed by atoms with Crippen molar-refractivity contribution in [1.82, 2.24) is 10.6 Å². The van der Waals surface area contributed by atoms with E-state index in [9.17, 15) is 14.4 Å². The molecule has 0 aromatic carbocycles. The molecule has 9 heteroatoms. The van der Waals surface area contributed by atoms with E-state index in [-0.39, 0.29) is 30.8 Å². The molecule has 0 aliphatic heterocycles. The number of carbonyl (C=O) groups is 3. The number of hydrogen-bond donors (Lipinski definition) is 2. The Morgan fingerprint density at radius 2 is 1.26 bits per heavy atom. The van der Waals surface area contributed by atoms with Gasteiger partial charge in [0.1, 0.15) is 13.2 Å². The van der Waals surface area contributed by atoms with Crippen molar-refractivity contribution in [2.75, 3.05) is 65.9 Å². The minimum atomic E-state index is -0.229. The topological polar surface area (TPSA) is 112 Å². The van der Waals surface area contributed by atoms with E-state index in [0.29, 0.717) is 65.1 Å². The summed E-state index contributed by atoms with van der Waals surface area (Å²) in [6, 6.07) is 0. The number of carbonyl (C=O) groups excluding carboxylic acids is 3. The zero-order chi connectivity index (χ0) is 20.3. The maximum absolute atomic E-state index is 11.5. The van der Waals surface area contributed by atoms with Gasteiger partial charge in [-0.25, -0.2) is 0 Å². The van der Waals surface area contributed by atoms with Crippen LogP contribution in [-0.2, 0) is 33.3 Å². The molecule has 0 radical (unpaired) electrons. The second-order valence-corrected chi connectivity index (χ2v) is 6.30. The Morgan fingerprint density at radius 3 is 1.81 bits per heavy atom. The van der Waals surface area contributed by atoms with Gasteiger partial charge in [0.2, 0.25) is 11.8 Å². The zero-order valence-electron chi connectivity index (χ0n) is 16.7. The molecule has 2 N–H and O–H groups in total. The first kappa shape index (κ1) is 25.4. The standard InChI is InChI=1S/C18H34N2O7/c1-15(2)12-17(22)13-26-10-8-25-7-5-20-18(23)14-27-11-9-24-6-4-19-16(3)21/h15H,4-14H2,1-3H3,(H,19,21)(H,20,23). The van der Waals surface area contributed by atoms with Crippen molar-refractivity contribution in [2.24, 2.45) is 5.92 Å². The molecular formula is C18H34N2O7. The van der Waals surface area contributed by atoms with E-state index in [1.165, 1.54) is 6.92 Å². The number of amides is 2. The first-order chi connectivity index (χ1) is 12.9. The maximum atomic E-state index is 11.5. The zero-order valence-corrected chi connectivity index (χ0v) is 16.7. The fourth-order valence-corrected chi connectivity index (χ4v) is 1.92. The van der Waals surface area contributed by atoms with Crippen LogP contribution in [0.15, 0.2) is 0 Å². The normalized spacial score (nSPS) is 10.8. The van der Waals surface area contributed by atoms with E-state index in [1.807, 2.05) is 13.8 Å². The predicted molar refractivity (Wildman–Crippen MR) is 99.4 cm³/mol. The van der Waals surface area contributed by atoms with Gasteiger partial charge in [0.05, 0.1) is 39.6 Å². The lowest BCUT2D eigenvalue weighted by Crippen LogP contribution is -2.31. The highest BCUT2D eigenvalue weighted by Crippen LogP contribution is 1.99. The molecule has 0 spiro atoms. The summed E-state index contributed by atoms with van der Waals surface area (Å²) in [7, 11) is 0. The van der Waals surface area contributed by atoms with Gasteiger partial charge in [-0.15, -0.1) is 0 Å². The molecule has 0 heterocycles. The van der Waals surface area contributed by atoms with Gasteiger partial charge in [-0.1, -0.05) is 13.8 Å². The first-order valence-corrected chi connectivity index (χ1v) is 9.25. The molecule has 27 heavy (non-hydrogen) atoms. The number of Topliss-reactive ketones (excluding diaryl/α,β-unsaturated/α-hetero) is 1. The number of rotatable bonds is 18. The lowest BCUT2D eigenvalue weighted by Gasteiger charge is -2.08. The molecule has 0 bridgehead atoms. The van der Waals surface area contributed by atoms with Gasteiger partial charge >= 0.3 is 0 Å². The summed E-state index contributed by atoms with van der Waals surface area (Å²) in [6.07, 6.45) is 0.526. The van der Waals surface area contributed by atoms with Crippen LogP contribution in [0.3, 0.4) is 0 Å². The van der Waals surface area contributed by atoms with Crippen LogP contribution in [0.2, 0.25) is 0 Å². The summed E-state index contributed by atoms with van der Waals surface area (Å²) < 4.78 is 20.9. The smallest absolute Gasteiger partial charge is 0.246 e. The average molecular weight is 390 g/mol. The molecule has 0 aromatic heterocycles. The van der Waals surface area contributed by atoms with E-state index < -0.39 is 0 Å². The summed E-state index contributed by atoms with van der Waals surface area (Å²) in [6.45, 7) is 8.47. The third-order valence-corrected chi connectivity index (χ3v) is 3.07. The van der Waals surface area contributed by atoms with Gasteiger partial charge in [-0.05, 0) is 5.92 Å². The molecule has 0 rings (SSSR count). The molecule has 0 fully saturated rings. The lowest BCUT2D eigenvalue weighted by atomic mass is 10.1. The SMILES string of the molecule is CC(=O)NCCOCCOCC(=O)NCCOCCOCC(=O)CC(C)C. The van der Waals surface area contributed by atoms with Crippen LogP contribution >= 0.6 is 0 Å². The second kappa shape index (κ2) is 17.8. The Morgan fingerprint density at radius 1 is 0.741 bits per heavy atom. The Labute approximate surface area is 161 Å². The molecule has 2 amide bonds. The van der Waals surface area contributed by atoms with Crippen LogP contribution in [0, 0.1) is 5.92 Å². The monoisotopic (exact) mass is 390 g/mol. The highest BCUT2D eigenvalue weighted by Gasteiger charge is 2.05. The van der Waals surface area contributed by atoms with Crippen molar-refractivity contribution in [1.29, 1.82) is 0 Å². The quantitative estimate of drug-likeness (QED) is 0.315. The van der Waals surface area contributed by atoms with E-state index >= 15 is 0 Å². The number of nitrogens with one attached hydrogen (secondary N) is 2. The summed E-state index contributed by atoms with van der Waals surface area (Å²) in [4.78, 5) is 33.5. The Hall–Kier alpha value is -1.55. The van der Waals surface area contributed by atoms with E-state index in [1.54, 1.807) is 0 Å². The molecule has 0 aromatic rings. The molecule has 0 unspecified atom stereocenters. The van der Waals surface area contributed by atoms with Gasteiger partial charge in [0.15, 0.2) is 5.78 Å². The minimum absolute atomic E-state index is 0.0455. The van der Waals surface area contributed by atoms with Crippen molar-refractivity contribution in [3.8, 4) is 0 Å². The van der Waals surface area contributed by atoms with Crippen LogP contribution in [0.1, 0.15) is 27.2 Å². The van der Waals surface area contributed by atoms with Gasteiger partial charge in [-0.2, -0.15) is 0 Å². The molecule has 158 valence electrons. The van der Waals surface area contributed by atoms with Gasteiger partial charge < -0.3 is 29.6 Å². The van der Waals surface area contributed by atoms with Gasteiger partial charge in [0, 0.05) is 26.4 Å². The average Bonchev–Trinajstić information content (AvgIpc) is 2.58. The van der Waals surface area contributed by atoms with E-state index in [0.717, 1.165) is 0 Å². The highest BCUT2D eigenvalue weighted by atomic mass is 16.5. The molecule has 0 atom stereocenters. The number of hydrogen-bond acceptors (Lipinski definition) is 7. The van der Waals surface area contributed by atoms with E-state index in [4.69, 9.17) is 18.9 Å².